The number of benzene rings is 1. The van der Waals surface area contributed by atoms with E-state index in [0.717, 1.165) is 11.1 Å². The van der Waals surface area contributed by atoms with Crippen molar-refractivity contribution in [1.82, 2.24) is 0 Å². The van der Waals surface area contributed by atoms with E-state index in [-0.39, 0.29) is 5.90 Å². The van der Waals surface area contributed by atoms with Gasteiger partial charge in [-0.15, -0.1) is 0 Å². The minimum absolute atomic E-state index is 0.237. The van der Waals surface area contributed by atoms with E-state index in [0.29, 0.717) is 0 Å². The summed E-state index contributed by atoms with van der Waals surface area (Å²) in [4.78, 5) is 0. The number of aryl methyl sites for hydroxylation is 3. The molecule has 1 N–H and O–H groups in total. The summed E-state index contributed by atoms with van der Waals surface area (Å²) in [6.07, 6.45) is 0. The molecular formula is C11H15NO. The molecule has 0 amide bonds. The average Bonchev–Trinajstić information content (AvgIpc) is 2.10. The highest BCUT2D eigenvalue weighted by Gasteiger charge is 2.06. The molecule has 0 fully saturated rings. The van der Waals surface area contributed by atoms with Crippen LogP contribution in [0.5, 0.6) is 0 Å². The summed E-state index contributed by atoms with van der Waals surface area (Å²) in [6, 6.07) is 4.08. The van der Waals surface area contributed by atoms with Crippen molar-refractivity contribution in [2.75, 3.05) is 7.11 Å². The molecule has 0 atom stereocenters. The predicted molar refractivity (Wildman–Crippen MR) is 54.5 cm³/mol. The van der Waals surface area contributed by atoms with E-state index in [1.165, 1.54) is 18.2 Å². The molecule has 13 heavy (non-hydrogen) atoms. The van der Waals surface area contributed by atoms with Crippen LogP contribution < -0.4 is 0 Å². The lowest BCUT2D eigenvalue weighted by molar-refractivity contribution is 0.401. The zero-order valence-corrected chi connectivity index (χ0v) is 8.56. The summed E-state index contributed by atoms with van der Waals surface area (Å²) in [5.74, 6) is 0.237. The highest BCUT2D eigenvalue weighted by Crippen LogP contribution is 2.15. The second-order valence-corrected chi connectivity index (χ2v) is 3.28. The van der Waals surface area contributed by atoms with Crippen LogP contribution in [0.25, 0.3) is 0 Å². The number of rotatable bonds is 1. The Morgan fingerprint density at radius 1 is 1.08 bits per heavy atom. The lowest BCUT2D eigenvalue weighted by Crippen LogP contribution is -2.04. The fourth-order valence-electron chi connectivity index (χ4n) is 1.32. The molecule has 0 aliphatic heterocycles. The molecule has 0 unspecified atom stereocenters. The first kappa shape index (κ1) is 9.78. The van der Waals surface area contributed by atoms with Gasteiger partial charge >= 0.3 is 0 Å². The Bertz CT molecular complexity index is 342. The SMILES string of the molecule is COC(=N)c1cc(C)c(C)cc1C. The van der Waals surface area contributed by atoms with Crippen LogP contribution in [0.3, 0.4) is 0 Å². The van der Waals surface area contributed by atoms with E-state index in [4.69, 9.17) is 10.1 Å². The van der Waals surface area contributed by atoms with Gasteiger partial charge in [0.1, 0.15) is 0 Å². The van der Waals surface area contributed by atoms with Crippen LogP contribution in [0.15, 0.2) is 12.1 Å². The molecule has 70 valence electrons. The molecule has 0 spiro atoms. The maximum absolute atomic E-state index is 7.56. The van der Waals surface area contributed by atoms with Crippen molar-refractivity contribution in [1.29, 1.82) is 5.41 Å². The fraction of sp³-hybridized carbons (Fsp3) is 0.364. The second-order valence-electron chi connectivity index (χ2n) is 3.28. The molecule has 1 rings (SSSR count). The van der Waals surface area contributed by atoms with Gasteiger partial charge in [-0.05, 0) is 43.5 Å². The van der Waals surface area contributed by atoms with Crippen molar-refractivity contribution in [3.05, 3.63) is 34.4 Å². The Balaban J connectivity index is 3.23. The van der Waals surface area contributed by atoms with Crippen molar-refractivity contribution < 1.29 is 4.74 Å². The first-order valence-corrected chi connectivity index (χ1v) is 4.27. The molecule has 0 aromatic heterocycles. The first-order chi connectivity index (χ1) is 6.06. The Hall–Kier alpha value is -1.31. The molecule has 0 saturated heterocycles. The molecule has 0 bridgehead atoms. The smallest absolute Gasteiger partial charge is 0.213 e. The molecule has 1 aromatic carbocycles. The fourth-order valence-corrected chi connectivity index (χ4v) is 1.32. The summed E-state index contributed by atoms with van der Waals surface area (Å²) >= 11 is 0. The Kier molecular flexibility index (Phi) is 2.71. The third-order valence-electron chi connectivity index (χ3n) is 2.29. The molecule has 0 aliphatic carbocycles. The third kappa shape index (κ3) is 1.89. The van der Waals surface area contributed by atoms with Gasteiger partial charge in [0.15, 0.2) is 0 Å². The van der Waals surface area contributed by atoms with Crippen molar-refractivity contribution in [2.45, 2.75) is 20.8 Å². The first-order valence-electron chi connectivity index (χ1n) is 4.27. The van der Waals surface area contributed by atoms with E-state index >= 15 is 0 Å². The minimum atomic E-state index is 0.237. The summed E-state index contributed by atoms with van der Waals surface area (Å²) in [7, 11) is 1.52. The Labute approximate surface area is 79.1 Å². The lowest BCUT2D eigenvalue weighted by Gasteiger charge is -2.09. The van der Waals surface area contributed by atoms with Crippen LogP contribution >= 0.6 is 0 Å². The van der Waals surface area contributed by atoms with Gasteiger partial charge in [0, 0.05) is 5.56 Å². The van der Waals surface area contributed by atoms with Crippen molar-refractivity contribution >= 4 is 5.90 Å². The highest BCUT2D eigenvalue weighted by atomic mass is 16.5. The van der Waals surface area contributed by atoms with Crippen LogP contribution in [0.2, 0.25) is 0 Å². The van der Waals surface area contributed by atoms with E-state index in [1.807, 2.05) is 19.9 Å². The van der Waals surface area contributed by atoms with Gasteiger partial charge in [-0.1, -0.05) is 6.07 Å². The van der Waals surface area contributed by atoms with E-state index in [2.05, 4.69) is 13.0 Å². The van der Waals surface area contributed by atoms with Crippen LogP contribution in [-0.2, 0) is 4.74 Å². The number of methoxy groups -OCH3 is 1. The number of hydrogen-bond donors (Lipinski definition) is 1. The van der Waals surface area contributed by atoms with E-state index in [1.54, 1.807) is 0 Å². The molecular weight excluding hydrogens is 162 g/mol. The third-order valence-corrected chi connectivity index (χ3v) is 2.29. The predicted octanol–water partition coefficient (Wildman–Crippen LogP) is 2.58. The van der Waals surface area contributed by atoms with Gasteiger partial charge in [0.2, 0.25) is 5.90 Å². The van der Waals surface area contributed by atoms with Crippen LogP contribution in [0.4, 0.5) is 0 Å². The molecule has 1 aromatic rings. The summed E-state index contributed by atoms with van der Waals surface area (Å²) < 4.78 is 4.90. The maximum Gasteiger partial charge on any atom is 0.213 e. The van der Waals surface area contributed by atoms with Crippen LogP contribution in [0, 0.1) is 26.2 Å². The van der Waals surface area contributed by atoms with Crippen molar-refractivity contribution in [3.8, 4) is 0 Å². The largest absolute Gasteiger partial charge is 0.481 e. The number of ether oxygens (including phenoxy) is 1. The van der Waals surface area contributed by atoms with Gasteiger partial charge < -0.3 is 4.74 Å². The Morgan fingerprint density at radius 3 is 2.15 bits per heavy atom. The highest BCUT2D eigenvalue weighted by molar-refractivity contribution is 5.93. The quantitative estimate of drug-likeness (QED) is 0.519. The molecule has 0 radical (unpaired) electrons. The summed E-state index contributed by atoms with van der Waals surface area (Å²) in [6.45, 7) is 6.11. The van der Waals surface area contributed by atoms with Crippen LogP contribution in [-0.4, -0.2) is 13.0 Å². The van der Waals surface area contributed by atoms with Crippen LogP contribution in [0.1, 0.15) is 22.3 Å². The number of hydrogen-bond acceptors (Lipinski definition) is 2. The molecule has 0 aliphatic rings. The Morgan fingerprint density at radius 2 is 1.62 bits per heavy atom. The average molecular weight is 177 g/mol. The maximum atomic E-state index is 7.56. The van der Waals surface area contributed by atoms with Crippen molar-refractivity contribution in [2.24, 2.45) is 0 Å². The number of nitrogens with one attached hydrogen (secondary N) is 1. The molecule has 0 heterocycles. The summed E-state index contributed by atoms with van der Waals surface area (Å²) in [5.41, 5.74) is 4.42. The van der Waals surface area contributed by atoms with Gasteiger partial charge in [-0.3, -0.25) is 5.41 Å². The van der Waals surface area contributed by atoms with Crippen molar-refractivity contribution in [3.63, 3.8) is 0 Å². The minimum Gasteiger partial charge on any atom is -0.481 e. The zero-order chi connectivity index (χ0) is 10.0. The summed E-state index contributed by atoms with van der Waals surface area (Å²) in [5, 5.41) is 7.56. The molecule has 2 nitrogen and oxygen atoms in total. The standard InChI is InChI=1S/C11H15NO/c1-7-5-9(3)10(6-8(7)2)11(12)13-4/h5-6,12H,1-4H3. The van der Waals surface area contributed by atoms with Gasteiger partial charge in [-0.25, -0.2) is 0 Å². The van der Waals surface area contributed by atoms with E-state index in [9.17, 15) is 0 Å². The second kappa shape index (κ2) is 3.60. The van der Waals surface area contributed by atoms with Gasteiger partial charge in [0.05, 0.1) is 7.11 Å². The monoisotopic (exact) mass is 177 g/mol. The van der Waals surface area contributed by atoms with Gasteiger partial charge in [-0.2, -0.15) is 0 Å². The van der Waals surface area contributed by atoms with Gasteiger partial charge in [0.25, 0.3) is 0 Å². The zero-order valence-electron chi connectivity index (χ0n) is 8.56. The lowest BCUT2D eigenvalue weighted by atomic mass is 10.0. The molecule has 0 saturated carbocycles. The normalized spacial score (nSPS) is 9.85. The molecule has 2 heteroatoms. The van der Waals surface area contributed by atoms with E-state index < -0.39 is 0 Å². The topological polar surface area (TPSA) is 33.1 Å².